The number of amides is 2. The second-order valence-corrected chi connectivity index (χ2v) is 21.6. The summed E-state index contributed by atoms with van der Waals surface area (Å²) < 4.78 is 59.9. The molecule has 5 aromatic rings. The normalized spacial score (nSPS) is 27.8. The van der Waals surface area contributed by atoms with Crippen LogP contribution in [0.3, 0.4) is 0 Å². The van der Waals surface area contributed by atoms with E-state index in [1.165, 1.54) is 88.4 Å². The van der Waals surface area contributed by atoms with Gasteiger partial charge in [0.2, 0.25) is 0 Å². The van der Waals surface area contributed by atoms with Crippen molar-refractivity contribution < 1.29 is 86.5 Å². The van der Waals surface area contributed by atoms with Crippen molar-refractivity contribution in [3.63, 3.8) is 0 Å². The number of ether oxygens (including phenoxy) is 5. The highest BCUT2D eigenvalue weighted by molar-refractivity contribution is 5.97. The molecule has 6 N–H and O–H groups in total. The first-order valence-corrected chi connectivity index (χ1v) is 26.2. The van der Waals surface area contributed by atoms with Crippen molar-refractivity contribution in [2.24, 2.45) is 16.7 Å². The fraction of sp³-hybridized carbons (Fsp3) is 0.361. The summed E-state index contributed by atoms with van der Waals surface area (Å²) in [6.45, 7) is 6.19. The maximum atomic E-state index is 16.0. The lowest BCUT2D eigenvalue weighted by molar-refractivity contribution is -0.346. The number of aliphatic hydroxyl groups excluding tert-OH is 3. The summed E-state index contributed by atoms with van der Waals surface area (Å²) in [4.78, 5) is 101. The zero-order chi connectivity index (χ0) is 58.3. The van der Waals surface area contributed by atoms with Crippen molar-refractivity contribution in [3.05, 3.63) is 190 Å². The Kier molecular flexibility index (Phi) is 16.0. The summed E-state index contributed by atoms with van der Waals surface area (Å²) in [7, 11) is 0. The lowest BCUT2D eigenvalue weighted by atomic mass is 9.44. The molecule has 2 amide bonds. The van der Waals surface area contributed by atoms with Crippen LogP contribution < -0.4 is 10.6 Å². The molecule has 2 bridgehead atoms. The minimum absolute atomic E-state index is 0.0178. The largest absolute Gasteiger partial charge is 0.459 e. The molecule has 4 unspecified atom stereocenters. The van der Waals surface area contributed by atoms with E-state index in [0.717, 1.165) is 19.1 Å². The number of hydrogen-bond acceptors (Lipinski definition) is 16. The van der Waals surface area contributed by atoms with Gasteiger partial charge in [0, 0.05) is 36.8 Å². The monoisotopic (exact) mass is 1110 g/mol. The van der Waals surface area contributed by atoms with E-state index in [0.29, 0.717) is 11.6 Å². The molecule has 424 valence electrons. The lowest BCUT2D eigenvalue weighted by Crippen LogP contribution is -2.82. The van der Waals surface area contributed by atoms with Crippen LogP contribution >= 0.6 is 0 Å². The molecule has 1 aliphatic heterocycles. The van der Waals surface area contributed by atoms with Gasteiger partial charge in [-0.1, -0.05) is 111 Å². The van der Waals surface area contributed by atoms with Crippen molar-refractivity contribution in [1.82, 2.24) is 10.6 Å². The van der Waals surface area contributed by atoms with E-state index in [-0.39, 0.29) is 27.8 Å². The number of carbonyl (C=O) groups excluding carboxylic acids is 7. The van der Waals surface area contributed by atoms with E-state index in [4.69, 9.17) is 23.7 Å². The molecule has 1 saturated heterocycles. The van der Waals surface area contributed by atoms with Gasteiger partial charge < -0.3 is 54.7 Å². The average Bonchev–Trinajstić information content (AvgIpc) is 3.41. The topological polar surface area (TPSA) is 271 Å². The molecule has 2 saturated carbocycles. The molecule has 4 aliphatic rings. The van der Waals surface area contributed by atoms with Crippen LogP contribution in [0, 0.1) is 28.4 Å². The first-order valence-electron chi connectivity index (χ1n) is 26.2. The van der Waals surface area contributed by atoms with Gasteiger partial charge in [-0.3, -0.25) is 19.2 Å². The van der Waals surface area contributed by atoms with Crippen LogP contribution in [0.4, 0.5) is 8.78 Å². The zero-order valence-electron chi connectivity index (χ0n) is 44.6. The Hall–Kier alpha value is -8.01. The molecule has 5 aromatic carbocycles. The van der Waals surface area contributed by atoms with Gasteiger partial charge in [-0.15, -0.1) is 0 Å². The Morgan fingerprint density at radius 3 is 1.74 bits per heavy atom. The predicted molar refractivity (Wildman–Crippen MR) is 281 cm³/mol. The summed E-state index contributed by atoms with van der Waals surface area (Å²) >= 11 is 0. The van der Waals surface area contributed by atoms with Crippen molar-refractivity contribution in [2.75, 3.05) is 6.61 Å². The smallest absolute Gasteiger partial charge is 0.338 e. The van der Waals surface area contributed by atoms with E-state index < -0.39 is 161 Å². The van der Waals surface area contributed by atoms with Crippen LogP contribution in [-0.4, -0.2) is 122 Å². The van der Waals surface area contributed by atoms with Gasteiger partial charge in [-0.05, 0) is 72.5 Å². The molecular formula is C61H60F2N2O16. The number of hydrogen-bond donors (Lipinski definition) is 6. The van der Waals surface area contributed by atoms with Gasteiger partial charge in [0.15, 0.2) is 23.6 Å². The van der Waals surface area contributed by atoms with Crippen LogP contribution in [0.1, 0.15) is 102 Å². The number of Topliss-reactive ketones (excluding diaryl/α,β-unsaturated/α-hetero) is 1. The molecule has 0 spiro atoms. The first kappa shape index (κ1) is 57.7. The van der Waals surface area contributed by atoms with Crippen LogP contribution in [0.5, 0.6) is 0 Å². The number of fused-ring (bicyclic) bond motifs is 5. The summed E-state index contributed by atoms with van der Waals surface area (Å²) in [5.41, 5.74) is -9.17. The molecule has 1 heterocycles. The molecule has 0 radical (unpaired) electrons. The maximum Gasteiger partial charge on any atom is 0.338 e. The van der Waals surface area contributed by atoms with Crippen molar-refractivity contribution in [1.29, 1.82) is 0 Å². The minimum atomic E-state index is -2.60. The zero-order valence-corrected chi connectivity index (χ0v) is 44.6. The molecular weight excluding hydrogens is 1050 g/mol. The second-order valence-electron chi connectivity index (χ2n) is 21.6. The molecule has 0 aromatic heterocycles. The highest BCUT2D eigenvalue weighted by atomic mass is 19.1. The first-order chi connectivity index (χ1) is 38.4. The van der Waals surface area contributed by atoms with Gasteiger partial charge in [0.25, 0.3) is 11.8 Å². The van der Waals surface area contributed by atoms with Gasteiger partial charge >= 0.3 is 23.9 Å². The van der Waals surface area contributed by atoms with Gasteiger partial charge in [-0.25, -0.2) is 23.2 Å². The van der Waals surface area contributed by atoms with Crippen LogP contribution in [-0.2, 0) is 42.9 Å². The van der Waals surface area contributed by atoms with Crippen LogP contribution in [0.15, 0.2) is 151 Å². The minimum Gasteiger partial charge on any atom is -0.459 e. The van der Waals surface area contributed by atoms with Gasteiger partial charge in [-0.2, -0.15) is 0 Å². The van der Waals surface area contributed by atoms with E-state index in [9.17, 15) is 58.0 Å². The third-order valence-corrected chi connectivity index (χ3v) is 16.6. The van der Waals surface area contributed by atoms with E-state index in [1.54, 1.807) is 60.7 Å². The third kappa shape index (κ3) is 10.4. The second kappa shape index (κ2) is 22.5. The molecule has 81 heavy (non-hydrogen) atoms. The van der Waals surface area contributed by atoms with E-state index in [1.807, 2.05) is 0 Å². The van der Waals surface area contributed by atoms with E-state index in [2.05, 4.69) is 10.6 Å². The number of halogens is 2. The van der Waals surface area contributed by atoms with Crippen molar-refractivity contribution in [2.45, 2.75) is 113 Å². The predicted octanol–water partition coefficient (Wildman–Crippen LogP) is 5.53. The van der Waals surface area contributed by atoms with Crippen molar-refractivity contribution in [3.8, 4) is 0 Å². The number of nitrogens with one attached hydrogen (secondary N) is 2. The number of aliphatic hydroxyl groups is 4. The highest BCUT2D eigenvalue weighted by Gasteiger charge is 2.79. The number of benzene rings is 5. The number of ketones is 1. The average molecular weight is 1120 g/mol. The molecule has 3 fully saturated rings. The Morgan fingerprint density at radius 2 is 1.22 bits per heavy atom. The molecule has 20 heteroatoms. The quantitative estimate of drug-likeness (QED) is 0.0428. The maximum absolute atomic E-state index is 16.0. The number of esters is 4. The summed E-state index contributed by atoms with van der Waals surface area (Å²) in [6.07, 6.45) is -14.8. The molecule has 3 aliphatic carbocycles. The fourth-order valence-electron chi connectivity index (χ4n) is 12.3. The Balaban J connectivity index is 1.15. The Labute approximate surface area is 464 Å². The number of carbonyl (C=O) groups is 7. The summed E-state index contributed by atoms with van der Waals surface area (Å²) in [5, 5.41) is 55.9. The van der Waals surface area contributed by atoms with Crippen LogP contribution in [0.25, 0.3) is 0 Å². The molecule has 18 nitrogen and oxygen atoms in total. The lowest BCUT2D eigenvalue weighted by Gasteiger charge is -2.67. The van der Waals surface area contributed by atoms with Crippen LogP contribution in [0.2, 0.25) is 0 Å². The molecule has 9 rings (SSSR count). The summed E-state index contributed by atoms with van der Waals surface area (Å²) in [5.74, 6) is -11.8. The number of rotatable bonds is 15. The fourth-order valence-corrected chi connectivity index (χ4v) is 12.3. The highest BCUT2D eigenvalue weighted by Crippen LogP contribution is 2.64. The standard InChI is InChI=1S/C61H60F2N2O16/c1-32-41(78-56(74)48(68)45(34-18-10-6-11-19-34)64-53(71)36-22-14-8-15-23-36)30-61(76)52(80-55(73)37-24-16-9-17-25-37)50-59(5,51(70)47(67)44(32)58(61,3)4)42(29-43-60(50,31-77-43)81-33(2)66)79-57(75)49(69)46(35-20-12-7-13-21-35)65-54(72)39-27-26-38(62)28-40(39)63/h6-28,41-43,45-50,52,67-69,76H,29-31H2,1-5H3,(H,64,71)(H,65,72)/t41-,42-,43+,45-,46?,47+,48+,49?,50?,52?,59+,60-,61+/m0/s1. The molecule has 13 atom stereocenters. The SMILES string of the molecule is CC(=O)O[C@@]12CO[C@@H]1C[C@H](OC(=O)C(O)C(NC(=O)c1ccc(F)cc1F)c1ccccc1)[C@@]1(C)C(=O)[C@H](O)C3=C(C)[C@@H](OC(=O)[C@H](O)[C@@H](NC(=O)c4ccccc4)c4ccccc4)C[C@@](O)(C(OC(=O)c4ccccc4)C12)C3(C)C. The summed E-state index contributed by atoms with van der Waals surface area (Å²) in [6, 6.07) is 30.2. The van der Waals surface area contributed by atoms with E-state index >= 15 is 4.79 Å². The van der Waals surface area contributed by atoms with Gasteiger partial charge in [0.05, 0.1) is 41.2 Å². The van der Waals surface area contributed by atoms with Gasteiger partial charge in [0.1, 0.15) is 47.8 Å². The third-order valence-electron chi connectivity index (χ3n) is 16.6. The Morgan fingerprint density at radius 1 is 0.704 bits per heavy atom. The van der Waals surface area contributed by atoms with Crippen molar-refractivity contribution >= 4 is 41.5 Å². The Bertz CT molecular complexity index is 3280.